The third-order valence-corrected chi connectivity index (χ3v) is 1.71. The van der Waals surface area contributed by atoms with Crippen LogP contribution in [-0.2, 0) is 6.42 Å². The van der Waals surface area contributed by atoms with Crippen molar-refractivity contribution in [3.05, 3.63) is 35.1 Å². The first kappa shape index (κ1) is 11.0. The Labute approximate surface area is 80.2 Å². The Balaban J connectivity index is 3.04. The third kappa shape index (κ3) is 2.73. The third-order valence-electron chi connectivity index (χ3n) is 1.71. The first-order chi connectivity index (χ1) is 6.29. The van der Waals surface area contributed by atoms with E-state index in [4.69, 9.17) is 0 Å². The van der Waals surface area contributed by atoms with Crippen LogP contribution in [0, 0.1) is 17.5 Å². The van der Waals surface area contributed by atoms with Crippen LogP contribution in [0.2, 0.25) is 0 Å². The molecule has 0 fully saturated rings. The summed E-state index contributed by atoms with van der Waals surface area (Å²) >= 11 is 0. The van der Waals surface area contributed by atoms with Crippen molar-refractivity contribution >= 4 is 0 Å². The fourth-order valence-corrected chi connectivity index (χ4v) is 1.17. The maximum atomic E-state index is 13.0. The van der Waals surface area contributed by atoms with Gasteiger partial charge < -0.3 is 5.11 Å². The fourth-order valence-electron chi connectivity index (χ4n) is 1.17. The second kappa shape index (κ2) is 3.61. The summed E-state index contributed by atoms with van der Waals surface area (Å²) in [5, 5.41) is 9.37. The smallest absolute Gasteiger partial charge is 0.161 e. The normalized spacial score (nSPS) is 11.9. The van der Waals surface area contributed by atoms with Gasteiger partial charge in [0, 0.05) is 12.5 Å². The minimum Gasteiger partial charge on any atom is -0.390 e. The fraction of sp³-hybridized carbons (Fsp3) is 0.400. The molecule has 0 radical (unpaired) electrons. The highest BCUT2D eigenvalue weighted by Gasteiger charge is 2.18. The molecule has 0 unspecified atom stereocenters. The summed E-state index contributed by atoms with van der Waals surface area (Å²) in [6.45, 7) is 2.93. The van der Waals surface area contributed by atoms with Crippen LogP contribution in [0.15, 0.2) is 12.1 Å². The van der Waals surface area contributed by atoms with Crippen LogP contribution in [0.25, 0.3) is 0 Å². The lowest BCUT2D eigenvalue weighted by atomic mass is 9.98. The molecule has 0 aliphatic heterocycles. The summed E-state index contributed by atoms with van der Waals surface area (Å²) in [7, 11) is 0. The monoisotopic (exact) mass is 204 g/mol. The highest BCUT2D eigenvalue weighted by Crippen LogP contribution is 2.18. The van der Waals surface area contributed by atoms with E-state index in [1.165, 1.54) is 13.8 Å². The molecule has 0 bridgehead atoms. The number of hydrogen-bond donors (Lipinski definition) is 1. The minimum absolute atomic E-state index is 0.0311. The Morgan fingerprint density at radius 2 is 1.57 bits per heavy atom. The van der Waals surface area contributed by atoms with E-state index in [0.29, 0.717) is 6.07 Å². The van der Waals surface area contributed by atoms with Crippen molar-refractivity contribution in [3.8, 4) is 0 Å². The molecule has 1 rings (SSSR count). The number of hydrogen-bond acceptors (Lipinski definition) is 1. The summed E-state index contributed by atoms with van der Waals surface area (Å²) < 4.78 is 38.3. The highest BCUT2D eigenvalue weighted by atomic mass is 19.2. The first-order valence-electron chi connectivity index (χ1n) is 4.15. The number of halogens is 3. The molecule has 4 heteroatoms. The average molecular weight is 204 g/mol. The van der Waals surface area contributed by atoms with E-state index in [1.54, 1.807) is 0 Å². The first-order valence-corrected chi connectivity index (χ1v) is 4.15. The van der Waals surface area contributed by atoms with Crippen LogP contribution in [0.4, 0.5) is 13.2 Å². The van der Waals surface area contributed by atoms with Gasteiger partial charge in [0.15, 0.2) is 11.6 Å². The van der Waals surface area contributed by atoms with E-state index >= 15 is 0 Å². The molecule has 78 valence electrons. The summed E-state index contributed by atoms with van der Waals surface area (Å²) in [4.78, 5) is 0. The van der Waals surface area contributed by atoms with Gasteiger partial charge in [0.2, 0.25) is 0 Å². The quantitative estimate of drug-likeness (QED) is 0.733. The van der Waals surface area contributed by atoms with Crippen LogP contribution in [-0.4, -0.2) is 10.7 Å². The summed E-state index contributed by atoms with van der Waals surface area (Å²) in [5.74, 6) is -3.17. The second-order valence-electron chi connectivity index (χ2n) is 3.85. The van der Waals surface area contributed by atoms with E-state index in [1.807, 2.05) is 0 Å². The molecule has 14 heavy (non-hydrogen) atoms. The van der Waals surface area contributed by atoms with E-state index in [0.717, 1.165) is 6.07 Å². The standard InChI is InChI=1S/C10H11F3O/c1-10(2,14)5-6-3-8(12)9(13)4-7(6)11/h3-4,14H,5H2,1-2H3. The van der Waals surface area contributed by atoms with Gasteiger partial charge in [-0.3, -0.25) is 0 Å². The Morgan fingerprint density at radius 1 is 1.07 bits per heavy atom. The minimum atomic E-state index is -1.22. The molecule has 0 aromatic heterocycles. The molecule has 1 nitrogen and oxygen atoms in total. The van der Waals surface area contributed by atoms with Gasteiger partial charge in [-0.15, -0.1) is 0 Å². The van der Waals surface area contributed by atoms with Crippen LogP contribution >= 0.6 is 0 Å². The lowest BCUT2D eigenvalue weighted by molar-refractivity contribution is 0.0799. The number of benzene rings is 1. The second-order valence-corrected chi connectivity index (χ2v) is 3.85. The van der Waals surface area contributed by atoms with Crippen molar-refractivity contribution in [2.45, 2.75) is 25.9 Å². The Bertz CT molecular complexity index is 342. The van der Waals surface area contributed by atoms with Crippen LogP contribution in [0.3, 0.4) is 0 Å². The zero-order valence-electron chi connectivity index (χ0n) is 7.94. The van der Waals surface area contributed by atoms with Crippen LogP contribution in [0.1, 0.15) is 19.4 Å². The topological polar surface area (TPSA) is 20.2 Å². The van der Waals surface area contributed by atoms with E-state index in [9.17, 15) is 18.3 Å². The average Bonchev–Trinajstić information content (AvgIpc) is 1.97. The summed E-state index contributed by atoms with van der Waals surface area (Å²) in [6, 6.07) is 1.25. The van der Waals surface area contributed by atoms with Crippen LogP contribution < -0.4 is 0 Å². The Kier molecular flexibility index (Phi) is 2.85. The molecule has 0 saturated heterocycles. The maximum absolute atomic E-state index is 13.0. The lowest BCUT2D eigenvalue weighted by Crippen LogP contribution is -2.22. The molecule has 0 atom stereocenters. The van der Waals surface area contributed by atoms with Gasteiger partial charge in [-0.25, -0.2) is 13.2 Å². The molecular weight excluding hydrogens is 193 g/mol. The van der Waals surface area contributed by atoms with Gasteiger partial charge in [0.25, 0.3) is 0 Å². The van der Waals surface area contributed by atoms with E-state index in [2.05, 4.69) is 0 Å². The molecule has 0 spiro atoms. The summed E-state index contributed by atoms with van der Waals surface area (Å²) in [6.07, 6.45) is -0.0595. The van der Waals surface area contributed by atoms with Crippen molar-refractivity contribution in [2.75, 3.05) is 0 Å². The molecule has 1 aromatic rings. The molecule has 0 amide bonds. The van der Waals surface area contributed by atoms with Crippen molar-refractivity contribution in [1.82, 2.24) is 0 Å². The predicted octanol–water partition coefficient (Wildman–Crippen LogP) is 2.42. The van der Waals surface area contributed by atoms with Crippen LogP contribution in [0.5, 0.6) is 0 Å². The van der Waals surface area contributed by atoms with Gasteiger partial charge in [-0.1, -0.05) is 0 Å². The Hall–Kier alpha value is -1.03. The van der Waals surface area contributed by atoms with Gasteiger partial charge >= 0.3 is 0 Å². The van der Waals surface area contributed by atoms with Crippen molar-refractivity contribution in [2.24, 2.45) is 0 Å². The molecular formula is C10H11F3O. The molecule has 1 N–H and O–H groups in total. The highest BCUT2D eigenvalue weighted by molar-refractivity contribution is 5.21. The predicted molar refractivity (Wildman–Crippen MR) is 46.3 cm³/mol. The SMILES string of the molecule is CC(C)(O)Cc1cc(F)c(F)cc1F. The molecule has 0 aliphatic carbocycles. The molecule has 0 saturated carbocycles. The van der Waals surface area contributed by atoms with E-state index in [-0.39, 0.29) is 12.0 Å². The molecule has 0 aliphatic rings. The lowest BCUT2D eigenvalue weighted by Gasteiger charge is -2.17. The maximum Gasteiger partial charge on any atom is 0.161 e. The largest absolute Gasteiger partial charge is 0.390 e. The van der Waals surface area contributed by atoms with Gasteiger partial charge in [-0.2, -0.15) is 0 Å². The van der Waals surface area contributed by atoms with Crippen molar-refractivity contribution in [3.63, 3.8) is 0 Å². The van der Waals surface area contributed by atoms with E-state index < -0.39 is 23.1 Å². The van der Waals surface area contributed by atoms with Gasteiger partial charge in [0.05, 0.1) is 5.60 Å². The zero-order valence-corrected chi connectivity index (χ0v) is 7.94. The molecule has 0 heterocycles. The zero-order chi connectivity index (χ0) is 10.9. The number of rotatable bonds is 2. The Morgan fingerprint density at radius 3 is 2.07 bits per heavy atom. The van der Waals surface area contributed by atoms with Crippen molar-refractivity contribution in [1.29, 1.82) is 0 Å². The summed E-state index contributed by atoms with van der Waals surface area (Å²) in [5.41, 5.74) is -1.18. The molecule has 1 aromatic carbocycles. The number of aliphatic hydroxyl groups is 1. The van der Waals surface area contributed by atoms with Gasteiger partial charge in [0.1, 0.15) is 5.82 Å². The van der Waals surface area contributed by atoms with Gasteiger partial charge in [-0.05, 0) is 25.5 Å². The van der Waals surface area contributed by atoms with Crippen molar-refractivity contribution < 1.29 is 18.3 Å².